The maximum atomic E-state index is 6.23. The van der Waals surface area contributed by atoms with Crippen LogP contribution >= 0.6 is 11.6 Å². The zero-order valence-electron chi connectivity index (χ0n) is 18.3. The predicted octanol–water partition coefficient (Wildman–Crippen LogP) is 6.95. The number of imidazole rings is 1. The normalized spacial score (nSPS) is 10.9. The van der Waals surface area contributed by atoms with Gasteiger partial charge in [-0.25, -0.2) is 4.98 Å². The smallest absolute Gasteiger partial charge is 0.161 e. The number of unbranched alkanes of at least 4 members (excludes halogenated alkanes) is 1. The van der Waals surface area contributed by atoms with E-state index in [0.29, 0.717) is 11.6 Å². The van der Waals surface area contributed by atoms with Crippen LogP contribution in [0.15, 0.2) is 79.4 Å². The Kier molecular flexibility index (Phi) is 7.13. The molecule has 0 atom stereocenters. The Morgan fingerprint density at radius 2 is 1.88 bits per heavy atom. The highest BCUT2D eigenvalue weighted by molar-refractivity contribution is 6.30. The largest absolute Gasteiger partial charge is 0.493 e. The Balaban J connectivity index is 1.43. The van der Waals surface area contributed by atoms with Gasteiger partial charge in [0.25, 0.3) is 0 Å². The quantitative estimate of drug-likeness (QED) is 0.195. The van der Waals surface area contributed by atoms with Gasteiger partial charge in [0.05, 0.1) is 24.8 Å². The van der Waals surface area contributed by atoms with Crippen LogP contribution < -0.4 is 9.47 Å². The van der Waals surface area contributed by atoms with Gasteiger partial charge in [-0.1, -0.05) is 48.0 Å². The van der Waals surface area contributed by atoms with Crippen LogP contribution in [-0.2, 0) is 13.0 Å². The molecule has 32 heavy (non-hydrogen) atoms. The summed E-state index contributed by atoms with van der Waals surface area (Å²) < 4.78 is 13.8. The SMILES string of the molecule is C=CCc1ccc(OCCCCn2c(-c3cccc(Cl)c3)nc3ccccc32)c(OC)c1. The molecule has 0 bridgehead atoms. The number of hydrogen-bond acceptors (Lipinski definition) is 3. The number of aryl methyl sites for hydroxylation is 1. The fraction of sp³-hybridized carbons (Fsp3) is 0.222. The van der Waals surface area contributed by atoms with Gasteiger partial charge >= 0.3 is 0 Å². The van der Waals surface area contributed by atoms with E-state index in [9.17, 15) is 0 Å². The minimum Gasteiger partial charge on any atom is -0.493 e. The monoisotopic (exact) mass is 446 g/mol. The molecule has 5 heteroatoms. The number of para-hydroxylation sites is 2. The summed E-state index contributed by atoms with van der Waals surface area (Å²) in [4.78, 5) is 4.87. The average molecular weight is 447 g/mol. The standard InChI is InChI=1S/C27H27ClN2O2/c1-3-9-20-14-15-25(26(18-20)31-2)32-17-7-6-16-30-24-13-5-4-12-23(24)29-27(30)21-10-8-11-22(28)19-21/h3-5,8,10-15,18-19H,1,6-7,9,16-17H2,2H3. The highest BCUT2D eigenvalue weighted by atomic mass is 35.5. The van der Waals surface area contributed by atoms with Crippen molar-refractivity contribution >= 4 is 22.6 Å². The summed E-state index contributed by atoms with van der Waals surface area (Å²) in [6, 6.07) is 22.1. The molecule has 0 aliphatic carbocycles. The fourth-order valence-corrected chi connectivity index (χ4v) is 4.02. The van der Waals surface area contributed by atoms with Crippen molar-refractivity contribution in [2.45, 2.75) is 25.8 Å². The molecule has 1 heterocycles. The van der Waals surface area contributed by atoms with Crippen molar-refractivity contribution in [3.63, 3.8) is 0 Å². The molecule has 164 valence electrons. The molecular weight excluding hydrogens is 420 g/mol. The van der Waals surface area contributed by atoms with Crippen LogP contribution in [0, 0.1) is 0 Å². The highest BCUT2D eigenvalue weighted by Gasteiger charge is 2.13. The van der Waals surface area contributed by atoms with E-state index in [1.807, 2.05) is 54.6 Å². The van der Waals surface area contributed by atoms with E-state index < -0.39 is 0 Å². The summed E-state index contributed by atoms with van der Waals surface area (Å²) in [5.41, 5.74) is 4.30. The van der Waals surface area contributed by atoms with Crippen LogP contribution in [0.25, 0.3) is 22.4 Å². The lowest BCUT2D eigenvalue weighted by molar-refractivity contribution is 0.284. The number of aromatic nitrogens is 2. The van der Waals surface area contributed by atoms with Gasteiger partial charge in [-0.3, -0.25) is 0 Å². The molecule has 0 radical (unpaired) electrons. The first-order valence-electron chi connectivity index (χ1n) is 10.8. The second kappa shape index (κ2) is 10.4. The molecule has 0 spiro atoms. The lowest BCUT2D eigenvalue weighted by Gasteiger charge is -2.13. The second-order valence-electron chi connectivity index (χ2n) is 7.62. The Hall–Kier alpha value is -3.24. The third-order valence-electron chi connectivity index (χ3n) is 5.38. The third kappa shape index (κ3) is 4.97. The molecule has 0 fully saturated rings. The Labute approximate surface area is 194 Å². The van der Waals surface area contributed by atoms with Gasteiger partial charge < -0.3 is 14.0 Å². The number of fused-ring (bicyclic) bond motifs is 1. The molecule has 1 aromatic heterocycles. The van der Waals surface area contributed by atoms with Crippen molar-refractivity contribution in [2.75, 3.05) is 13.7 Å². The highest BCUT2D eigenvalue weighted by Crippen LogP contribution is 2.29. The van der Waals surface area contributed by atoms with Gasteiger partial charge in [-0.05, 0) is 61.2 Å². The first kappa shape index (κ1) is 22.0. The van der Waals surface area contributed by atoms with Gasteiger partial charge in [0.2, 0.25) is 0 Å². The average Bonchev–Trinajstić information content (AvgIpc) is 3.18. The lowest BCUT2D eigenvalue weighted by atomic mass is 10.1. The van der Waals surface area contributed by atoms with E-state index in [2.05, 4.69) is 29.3 Å². The van der Waals surface area contributed by atoms with Gasteiger partial charge in [-0.2, -0.15) is 0 Å². The number of rotatable bonds is 10. The van der Waals surface area contributed by atoms with Crippen molar-refractivity contribution in [1.29, 1.82) is 0 Å². The van der Waals surface area contributed by atoms with Gasteiger partial charge in [0, 0.05) is 17.1 Å². The summed E-state index contributed by atoms with van der Waals surface area (Å²) in [6.45, 7) is 5.26. The molecule has 4 aromatic rings. The molecule has 3 aromatic carbocycles. The Morgan fingerprint density at radius 3 is 2.69 bits per heavy atom. The van der Waals surface area contributed by atoms with Crippen molar-refractivity contribution < 1.29 is 9.47 Å². The molecule has 4 nitrogen and oxygen atoms in total. The minimum absolute atomic E-state index is 0.621. The number of ether oxygens (including phenoxy) is 2. The van der Waals surface area contributed by atoms with Gasteiger partial charge in [0.15, 0.2) is 11.5 Å². The molecule has 0 saturated heterocycles. The lowest BCUT2D eigenvalue weighted by Crippen LogP contribution is -2.04. The second-order valence-corrected chi connectivity index (χ2v) is 8.06. The number of benzene rings is 3. The van der Waals surface area contributed by atoms with E-state index in [1.165, 1.54) is 0 Å². The third-order valence-corrected chi connectivity index (χ3v) is 5.61. The maximum Gasteiger partial charge on any atom is 0.161 e. The predicted molar refractivity (Wildman–Crippen MR) is 132 cm³/mol. The van der Waals surface area contributed by atoms with Crippen LogP contribution in [0.4, 0.5) is 0 Å². The summed E-state index contributed by atoms with van der Waals surface area (Å²) >= 11 is 6.23. The Bertz CT molecular complexity index is 1220. The first-order valence-corrected chi connectivity index (χ1v) is 11.2. The first-order chi connectivity index (χ1) is 15.7. The number of halogens is 1. The van der Waals surface area contributed by atoms with Crippen LogP contribution in [0.3, 0.4) is 0 Å². The summed E-state index contributed by atoms with van der Waals surface area (Å²) in [5.74, 6) is 2.47. The van der Waals surface area contributed by atoms with Gasteiger partial charge in [0.1, 0.15) is 5.82 Å². The van der Waals surface area contributed by atoms with Crippen molar-refractivity contribution in [3.8, 4) is 22.9 Å². The molecule has 0 unspecified atom stereocenters. The van der Waals surface area contributed by atoms with E-state index in [4.69, 9.17) is 26.1 Å². The fourth-order valence-electron chi connectivity index (χ4n) is 3.83. The summed E-state index contributed by atoms with van der Waals surface area (Å²) in [6.07, 6.45) is 4.57. The van der Waals surface area contributed by atoms with E-state index in [1.54, 1.807) is 7.11 Å². The number of nitrogens with zero attached hydrogens (tertiary/aromatic N) is 2. The molecule has 0 saturated carbocycles. The number of allylic oxidation sites excluding steroid dienone is 1. The number of hydrogen-bond donors (Lipinski definition) is 0. The minimum atomic E-state index is 0.621. The summed E-state index contributed by atoms with van der Waals surface area (Å²) in [5, 5.41) is 0.711. The van der Waals surface area contributed by atoms with E-state index in [0.717, 1.165) is 65.3 Å². The molecular formula is C27H27ClN2O2. The molecule has 0 amide bonds. The maximum absolute atomic E-state index is 6.23. The van der Waals surface area contributed by atoms with E-state index in [-0.39, 0.29) is 0 Å². The topological polar surface area (TPSA) is 36.3 Å². The van der Waals surface area contributed by atoms with Crippen LogP contribution in [0.2, 0.25) is 5.02 Å². The van der Waals surface area contributed by atoms with Gasteiger partial charge in [-0.15, -0.1) is 6.58 Å². The van der Waals surface area contributed by atoms with Crippen molar-refractivity contribution in [3.05, 3.63) is 90.0 Å². The zero-order valence-corrected chi connectivity index (χ0v) is 19.0. The molecule has 0 N–H and O–H groups in total. The zero-order chi connectivity index (χ0) is 22.3. The van der Waals surface area contributed by atoms with Crippen molar-refractivity contribution in [2.24, 2.45) is 0 Å². The van der Waals surface area contributed by atoms with Crippen LogP contribution in [0.5, 0.6) is 11.5 Å². The van der Waals surface area contributed by atoms with Crippen LogP contribution in [-0.4, -0.2) is 23.3 Å². The molecule has 0 aliphatic heterocycles. The molecule has 0 aliphatic rings. The van der Waals surface area contributed by atoms with E-state index >= 15 is 0 Å². The Morgan fingerprint density at radius 1 is 1.00 bits per heavy atom. The van der Waals surface area contributed by atoms with Crippen LogP contribution in [0.1, 0.15) is 18.4 Å². The number of methoxy groups -OCH3 is 1. The molecule has 4 rings (SSSR count). The van der Waals surface area contributed by atoms with Crippen molar-refractivity contribution in [1.82, 2.24) is 9.55 Å². The summed E-state index contributed by atoms with van der Waals surface area (Å²) in [7, 11) is 1.67.